The number of hydrogen-bond donors (Lipinski definition) is 0. The maximum absolute atomic E-state index is 5.58. The average molecular weight is 215 g/mol. The Morgan fingerprint density at radius 3 is 2.07 bits per heavy atom. The van der Waals surface area contributed by atoms with E-state index < -0.39 is 0 Å². The minimum Gasteiger partial charge on any atom is -0.381 e. The van der Waals surface area contributed by atoms with Crippen molar-refractivity contribution in [3.63, 3.8) is 0 Å². The Hall–Kier alpha value is -0.0800. The van der Waals surface area contributed by atoms with Gasteiger partial charge < -0.3 is 9.64 Å². The summed E-state index contributed by atoms with van der Waals surface area (Å²) in [6.45, 7) is 7.63. The summed E-state index contributed by atoms with van der Waals surface area (Å²) in [4.78, 5) is 2.22. The molecule has 0 rings (SSSR count). The fourth-order valence-electron chi connectivity index (χ4n) is 1.49. The molecular formula is C13H29NO. The standard InChI is InChI=1S/C13H29NO/c1-13(2)9-5-7-11-15-12-8-6-10-14(3)4/h13H,5-12H2,1-4H3. The fraction of sp³-hybridized carbons (Fsp3) is 1.00. The first-order valence-corrected chi connectivity index (χ1v) is 6.35. The lowest BCUT2D eigenvalue weighted by atomic mass is 10.1. The Morgan fingerprint density at radius 2 is 1.53 bits per heavy atom. The van der Waals surface area contributed by atoms with Crippen molar-refractivity contribution >= 4 is 0 Å². The predicted octanol–water partition coefficient (Wildman–Crippen LogP) is 3.17. The second kappa shape index (κ2) is 10.4. The molecule has 0 aromatic rings. The summed E-state index contributed by atoms with van der Waals surface area (Å²) < 4.78 is 5.58. The summed E-state index contributed by atoms with van der Waals surface area (Å²) >= 11 is 0. The number of hydrogen-bond acceptors (Lipinski definition) is 2. The van der Waals surface area contributed by atoms with Gasteiger partial charge in [-0.05, 0) is 45.8 Å². The molecule has 0 radical (unpaired) electrons. The van der Waals surface area contributed by atoms with Crippen LogP contribution >= 0.6 is 0 Å². The van der Waals surface area contributed by atoms with Gasteiger partial charge in [0.25, 0.3) is 0 Å². The fourth-order valence-corrected chi connectivity index (χ4v) is 1.49. The topological polar surface area (TPSA) is 12.5 Å². The van der Waals surface area contributed by atoms with E-state index in [1.165, 1.54) is 38.6 Å². The monoisotopic (exact) mass is 215 g/mol. The molecule has 0 aromatic heterocycles. The average Bonchev–Trinajstić information content (AvgIpc) is 2.14. The highest BCUT2D eigenvalue weighted by molar-refractivity contribution is 4.47. The second-order valence-corrected chi connectivity index (χ2v) is 5.01. The third kappa shape index (κ3) is 13.9. The van der Waals surface area contributed by atoms with Crippen LogP contribution in [-0.2, 0) is 4.74 Å². The smallest absolute Gasteiger partial charge is 0.0466 e. The van der Waals surface area contributed by atoms with Crippen LogP contribution in [0.25, 0.3) is 0 Å². The van der Waals surface area contributed by atoms with Crippen LogP contribution in [0, 0.1) is 5.92 Å². The molecule has 2 heteroatoms. The summed E-state index contributed by atoms with van der Waals surface area (Å²) in [5, 5.41) is 0. The zero-order chi connectivity index (χ0) is 11.5. The molecule has 0 saturated carbocycles. The van der Waals surface area contributed by atoms with Gasteiger partial charge in [-0.2, -0.15) is 0 Å². The van der Waals surface area contributed by atoms with E-state index in [9.17, 15) is 0 Å². The summed E-state index contributed by atoms with van der Waals surface area (Å²) in [6.07, 6.45) is 6.33. The lowest BCUT2D eigenvalue weighted by molar-refractivity contribution is 0.124. The van der Waals surface area contributed by atoms with E-state index in [4.69, 9.17) is 4.74 Å². The predicted molar refractivity (Wildman–Crippen MR) is 67.3 cm³/mol. The van der Waals surface area contributed by atoms with Gasteiger partial charge in [-0.25, -0.2) is 0 Å². The van der Waals surface area contributed by atoms with Crippen LogP contribution in [0.3, 0.4) is 0 Å². The first kappa shape index (κ1) is 14.9. The van der Waals surface area contributed by atoms with Crippen molar-refractivity contribution < 1.29 is 4.74 Å². The Labute approximate surface area is 96.0 Å². The van der Waals surface area contributed by atoms with E-state index in [0.717, 1.165) is 19.1 Å². The summed E-state index contributed by atoms with van der Waals surface area (Å²) in [7, 11) is 4.24. The van der Waals surface area contributed by atoms with Crippen LogP contribution < -0.4 is 0 Å². The summed E-state index contributed by atoms with van der Waals surface area (Å²) in [6, 6.07) is 0. The van der Waals surface area contributed by atoms with Crippen molar-refractivity contribution in [3.8, 4) is 0 Å². The van der Waals surface area contributed by atoms with Gasteiger partial charge >= 0.3 is 0 Å². The molecule has 0 N–H and O–H groups in total. The van der Waals surface area contributed by atoms with E-state index >= 15 is 0 Å². The Morgan fingerprint density at radius 1 is 0.933 bits per heavy atom. The normalized spacial score (nSPS) is 11.6. The zero-order valence-electron chi connectivity index (χ0n) is 11.1. The van der Waals surface area contributed by atoms with Crippen LogP contribution in [0.4, 0.5) is 0 Å². The summed E-state index contributed by atoms with van der Waals surface area (Å²) in [5.41, 5.74) is 0. The van der Waals surface area contributed by atoms with Crippen LogP contribution in [0.15, 0.2) is 0 Å². The number of ether oxygens (including phenoxy) is 1. The van der Waals surface area contributed by atoms with E-state index in [2.05, 4.69) is 32.8 Å². The number of nitrogens with zero attached hydrogens (tertiary/aromatic N) is 1. The minimum atomic E-state index is 0.838. The molecule has 92 valence electrons. The quantitative estimate of drug-likeness (QED) is 0.519. The van der Waals surface area contributed by atoms with Crippen molar-refractivity contribution in [1.29, 1.82) is 0 Å². The van der Waals surface area contributed by atoms with Gasteiger partial charge in [0.1, 0.15) is 0 Å². The maximum atomic E-state index is 5.58. The molecule has 0 saturated heterocycles. The van der Waals surface area contributed by atoms with Gasteiger partial charge in [0.05, 0.1) is 0 Å². The lowest BCUT2D eigenvalue weighted by Gasteiger charge is -2.09. The van der Waals surface area contributed by atoms with Gasteiger partial charge in [-0.1, -0.05) is 26.7 Å². The van der Waals surface area contributed by atoms with Crippen molar-refractivity contribution in [3.05, 3.63) is 0 Å². The highest BCUT2D eigenvalue weighted by Crippen LogP contribution is 2.06. The first-order chi connectivity index (χ1) is 7.13. The molecular weight excluding hydrogens is 186 g/mol. The van der Waals surface area contributed by atoms with Crippen molar-refractivity contribution in [1.82, 2.24) is 4.90 Å². The molecule has 0 bridgehead atoms. The number of rotatable bonds is 10. The zero-order valence-corrected chi connectivity index (χ0v) is 11.1. The maximum Gasteiger partial charge on any atom is 0.0466 e. The molecule has 0 aliphatic heterocycles. The van der Waals surface area contributed by atoms with Crippen LogP contribution in [0.5, 0.6) is 0 Å². The molecule has 0 aromatic carbocycles. The number of unbranched alkanes of at least 4 members (excludes halogenated alkanes) is 2. The van der Waals surface area contributed by atoms with E-state index in [1.807, 2.05) is 0 Å². The molecule has 0 aliphatic rings. The van der Waals surface area contributed by atoms with E-state index in [1.54, 1.807) is 0 Å². The molecule has 15 heavy (non-hydrogen) atoms. The van der Waals surface area contributed by atoms with E-state index in [-0.39, 0.29) is 0 Å². The largest absolute Gasteiger partial charge is 0.381 e. The second-order valence-electron chi connectivity index (χ2n) is 5.01. The Kier molecular flexibility index (Phi) is 10.4. The molecule has 0 fully saturated rings. The molecule has 2 nitrogen and oxygen atoms in total. The van der Waals surface area contributed by atoms with Crippen LogP contribution in [0.2, 0.25) is 0 Å². The van der Waals surface area contributed by atoms with Gasteiger partial charge in [-0.15, -0.1) is 0 Å². The molecule has 0 atom stereocenters. The lowest BCUT2D eigenvalue weighted by Crippen LogP contribution is -2.13. The Balaban J connectivity index is 2.93. The molecule has 0 spiro atoms. The van der Waals surface area contributed by atoms with Crippen LogP contribution in [-0.4, -0.2) is 38.8 Å². The van der Waals surface area contributed by atoms with Gasteiger partial charge in [0.2, 0.25) is 0 Å². The van der Waals surface area contributed by atoms with Crippen molar-refractivity contribution in [2.24, 2.45) is 5.92 Å². The first-order valence-electron chi connectivity index (χ1n) is 6.35. The SMILES string of the molecule is CC(C)CCCCOCCCCN(C)C. The van der Waals surface area contributed by atoms with Gasteiger partial charge in [-0.3, -0.25) is 0 Å². The highest BCUT2D eigenvalue weighted by atomic mass is 16.5. The van der Waals surface area contributed by atoms with Gasteiger partial charge in [0, 0.05) is 13.2 Å². The highest BCUT2D eigenvalue weighted by Gasteiger charge is 1.95. The third-order valence-electron chi connectivity index (χ3n) is 2.46. The summed E-state index contributed by atoms with van der Waals surface area (Å²) in [5.74, 6) is 0.838. The van der Waals surface area contributed by atoms with Gasteiger partial charge in [0.15, 0.2) is 0 Å². The molecule has 0 heterocycles. The molecule has 0 unspecified atom stereocenters. The van der Waals surface area contributed by atoms with E-state index in [0.29, 0.717) is 0 Å². The van der Waals surface area contributed by atoms with Crippen molar-refractivity contribution in [2.75, 3.05) is 33.9 Å². The Bertz CT molecular complexity index is 110. The minimum absolute atomic E-state index is 0.838. The molecule has 0 amide bonds. The van der Waals surface area contributed by atoms with Crippen LogP contribution in [0.1, 0.15) is 46.0 Å². The molecule has 0 aliphatic carbocycles. The van der Waals surface area contributed by atoms with Crippen molar-refractivity contribution in [2.45, 2.75) is 46.0 Å². The third-order valence-corrected chi connectivity index (χ3v) is 2.46.